The van der Waals surface area contributed by atoms with E-state index < -0.39 is 11.7 Å². The third kappa shape index (κ3) is 3.40. The minimum atomic E-state index is -4.32. The van der Waals surface area contributed by atoms with Gasteiger partial charge in [-0.3, -0.25) is 0 Å². The van der Waals surface area contributed by atoms with Gasteiger partial charge in [0.25, 0.3) is 0 Å². The molecule has 0 radical (unpaired) electrons. The molecule has 0 fully saturated rings. The van der Waals surface area contributed by atoms with Crippen molar-refractivity contribution in [1.29, 1.82) is 0 Å². The second-order valence-corrected chi connectivity index (χ2v) is 4.11. The number of hydrogen-bond acceptors (Lipinski definition) is 1. The minimum absolute atomic E-state index is 0.302. The van der Waals surface area contributed by atoms with E-state index in [-0.39, 0.29) is 0 Å². The molecule has 0 spiro atoms. The molecule has 0 heterocycles. The van der Waals surface area contributed by atoms with Gasteiger partial charge in [0.05, 0.1) is 12.7 Å². The molecular formula is C11H12BrF3O. The van der Waals surface area contributed by atoms with Crippen LogP contribution < -0.4 is 4.74 Å². The van der Waals surface area contributed by atoms with Crippen molar-refractivity contribution in [3.8, 4) is 5.75 Å². The summed E-state index contributed by atoms with van der Waals surface area (Å²) in [7, 11) is 1.38. The van der Waals surface area contributed by atoms with Crippen molar-refractivity contribution in [2.24, 2.45) is 0 Å². The molecule has 0 aliphatic rings. The first-order valence-electron chi connectivity index (χ1n) is 4.79. The Morgan fingerprint density at radius 1 is 1.31 bits per heavy atom. The average Bonchev–Trinajstić information content (AvgIpc) is 2.24. The summed E-state index contributed by atoms with van der Waals surface area (Å²) < 4.78 is 42.2. The zero-order chi connectivity index (χ0) is 12.2. The molecule has 0 saturated heterocycles. The fourth-order valence-electron chi connectivity index (χ4n) is 1.38. The molecular weight excluding hydrogens is 285 g/mol. The molecule has 0 aromatic heterocycles. The van der Waals surface area contributed by atoms with E-state index in [1.165, 1.54) is 13.2 Å². The van der Waals surface area contributed by atoms with Crippen LogP contribution in [0.15, 0.2) is 18.2 Å². The number of alkyl halides is 4. The van der Waals surface area contributed by atoms with Gasteiger partial charge in [-0.2, -0.15) is 13.2 Å². The smallest absolute Gasteiger partial charge is 0.416 e. The van der Waals surface area contributed by atoms with Crippen LogP contribution in [0.1, 0.15) is 17.5 Å². The van der Waals surface area contributed by atoms with Gasteiger partial charge in [-0.25, -0.2) is 0 Å². The predicted molar refractivity (Wildman–Crippen MR) is 60.1 cm³/mol. The van der Waals surface area contributed by atoms with Crippen LogP contribution in [0, 0.1) is 0 Å². The lowest BCUT2D eigenvalue weighted by molar-refractivity contribution is -0.137. The number of halogens is 4. The van der Waals surface area contributed by atoms with Crippen molar-refractivity contribution in [1.82, 2.24) is 0 Å². The highest BCUT2D eigenvalue weighted by Gasteiger charge is 2.31. The maximum atomic E-state index is 12.4. The highest BCUT2D eigenvalue weighted by molar-refractivity contribution is 9.09. The molecule has 1 rings (SSSR count). The molecule has 0 atom stereocenters. The Balaban J connectivity index is 2.97. The average molecular weight is 297 g/mol. The van der Waals surface area contributed by atoms with Crippen molar-refractivity contribution in [2.75, 3.05) is 12.4 Å². The summed E-state index contributed by atoms with van der Waals surface area (Å²) in [6.07, 6.45) is -2.75. The molecule has 1 aromatic carbocycles. The summed E-state index contributed by atoms with van der Waals surface area (Å²) in [5.74, 6) is 0.302. The standard InChI is InChI=1S/C11H12BrF3O/c1-16-10-7-9(11(13,14)15)5-4-8(10)3-2-6-12/h4-5,7H,2-3,6H2,1H3. The van der Waals surface area contributed by atoms with E-state index in [4.69, 9.17) is 4.74 Å². The molecule has 16 heavy (non-hydrogen) atoms. The summed E-state index contributed by atoms with van der Waals surface area (Å²) in [5, 5.41) is 0.817. The lowest BCUT2D eigenvalue weighted by Crippen LogP contribution is -2.06. The van der Waals surface area contributed by atoms with Gasteiger partial charge in [-0.1, -0.05) is 22.0 Å². The Labute approximate surface area is 101 Å². The van der Waals surface area contributed by atoms with Crippen LogP contribution in [0.25, 0.3) is 0 Å². The Hall–Kier alpha value is -0.710. The van der Waals surface area contributed by atoms with Gasteiger partial charge in [0.15, 0.2) is 0 Å². The van der Waals surface area contributed by atoms with Crippen molar-refractivity contribution in [3.05, 3.63) is 29.3 Å². The van der Waals surface area contributed by atoms with Gasteiger partial charge < -0.3 is 4.74 Å². The molecule has 0 aliphatic heterocycles. The molecule has 0 bridgehead atoms. The number of benzene rings is 1. The quantitative estimate of drug-likeness (QED) is 0.762. The van der Waals surface area contributed by atoms with Gasteiger partial charge in [0, 0.05) is 5.33 Å². The maximum absolute atomic E-state index is 12.4. The van der Waals surface area contributed by atoms with E-state index in [1.807, 2.05) is 0 Å². The van der Waals surface area contributed by atoms with Gasteiger partial charge in [-0.05, 0) is 30.5 Å². The molecule has 90 valence electrons. The number of rotatable bonds is 4. The van der Waals surface area contributed by atoms with Crippen LogP contribution in [0.3, 0.4) is 0 Å². The van der Waals surface area contributed by atoms with E-state index in [1.54, 1.807) is 0 Å². The third-order valence-corrected chi connectivity index (χ3v) is 2.75. The molecule has 0 aliphatic carbocycles. The number of methoxy groups -OCH3 is 1. The largest absolute Gasteiger partial charge is 0.496 e. The Morgan fingerprint density at radius 2 is 2.00 bits per heavy atom. The number of aryl methyl sites for hydroxylation is 1. The highest BCUT2D eigenvalue weighted by atomic mass is 79.9. The molecule has 0 unspecified atom stereocenters. The van der Waals surface area contributed by atoms with Crippen LogP contribution in [0.2, 0.25) is 0 Å². The number of hydrogen-bond donors (Lipinski definition) is 0. The molecule has 1 nitrogen and oxygen atoms in total. The van der Waals surface area contributed by atoms with E-state index in [0.717, 1.165) is 29.4 Å². The van der Waals surface area contributed by atoms with E-state index in [9.17, 15) is 13.2 Å². The fraction of sp³-hybridized carbons (Fsp3) is 0.455. The van der Waals surface area contributed by atoms with E-state index in [0.29, 0.717) is 12.2 Å². The van der Waals surface area contributed by atoms with Crippen LogP contribution in [0.4, 0.5) is 13.2 Å². The normalized spacial score (nSPS) is 11.6. The summed E-state index contributed by atoms with van der Waals surface area (Å²) in [6.45, 7) is 0. The van der Waals surface area contributed by atoms with Gasteiger partial charge >= 0.3 is 6.18 Å². The lowest BCUT2D eigenvalue weighted by Gasteiger charge is -2.12. The summed E-state index contributed by atoms with van der Waals surface area (Å²) >= 11 is 3.28. The minimum Gasteiger partial charge on any atom is -0.496 e. The second kappa shape index (κ2) is 5.57. The van der Waals surface area contributed by atoms with Crippen LogP contribution in [0.5, 0.6) is 5.75 Å². The summed E-state index contributed by atoms with van der Waals surface area (Å²) in [5.41, 5.74) is 0.127. The van der Waals surface area contributed by atoms with Crippen molar-refractivity contribution < 1.29 is 17.9 Å². The van der Waals surface area contributed by atoms with Crippen LogP contribution >= 0.6 is 15.9 Å². The Morgan fingerprint density at radius 3 is 2.50 bits per heavy atom. The SMILES string of the molecule is COc1cc(C(F)(F)F)ccc1CCCBr. The Kier molecular flexibility index (Phi) is 4.65. The first-order valence-corrected chi connectivity index (χ1v) is 5.91. The second-order valence-electron chi connectivity index (χ2n) is 3.32. The molecule has 1 aromatic rings. The lowest BCUT2D eigenvalue weighted by atomic mass is 10.1. The van der Waals surface area contributed by atoms with Gasteiger partial charge in [-0.15, -0.1) is 0 Å². The molecule has 0 saturated carbocycles. The van der Waals surface area contributed by atoms with Gasteiger partial charge in [0.2, 0.25) is 0 Å². The summed E-state index contributed by atoms with van der Waals surface area (Å²) in [4.78, 5) is 0. The zero-order valence-corrected chi connectivity index (χ0v) is 10.4. The van der Waals surface area contributed by atoms with Gasteiger partial charge in [0.1, 0.15) is 5.75 Å². The van der Waals surface area contributed by atoms with Crippen molar-refractivity contribution in [2.45, 2.75) is 19.0 Å². The Bertz CT molecular complexity index is 350. The maximum Gasteiger partial charge on any atom is 0.416 e. The van der Waals surface area contributed by atoms with E-state index >= 15 is 0 Å². The zero-order valence-electron chi connectivity index (χ0n) is 8.77. The van der Waals surface area contributed by atoms with Crippen molar-refractivity contribution in [3.63, 3.8) is 0 Å². The summed E-state index contributed by atoms with van der Waals surface area (Å²) in [6, 6.07) is 3.61. The predicted octanol–water partition coefficient (Wildman–Crippen LogP) is 4.04. The number of ether oxygens (including phenoxy) is 1. The fourth-order valence-corrected chi connectivity index (χ4v) is 1.67. The van der Waals surface area contributed by atoms with E-state index in [2.05, 4.69) is 15.9 Å². The topological polar surface area (TPSA) is 9.23 Å². The third-order valence-electron chi connectivity index (χ3n) is 2.19. The van der Waals surface area contributed by atoms with Crippen LogP contribution in [-0.4, -0.2) is 12.4 Å². The highest BCUT2D eigenvalue weighted by Crippen LogP contribution is 2.33. The monoisotopic (exact) mass is 296 g/mol. The molecule has 5 heteroatoms. The van der Waals surface area contributed by atoms with Crippen molar-refractivity contribution >= 4 is 15.9 Å². The first-order chi connectivity index (χ1) is 7.49. The van der Waals surface area contributed by atoms with Crippen LogP contribution in [-0.2, 0) is 12.6 Å². The molecule has 0 amide bonds. The molecule has 0 N–H and O–H groups in total. The first kappa shape index (κ1) is 13.4.